The number of rotatable bonds is 7. The lowest BCUT2D eigenvalue weighted by Crippen LogP contribution is -2.05. The van der Waals surface area contributed by atoms with Gasteiger partial charge in [0, 0.05) is 6.20 Å². The van der Waals surface area contributed by atoms with Gasteiger partial charge in [-0.2, -0.15) is 15.2 Å². The number of nitrogens with zero attached hydrogens (tertiary/aromatic N) is 6. The van der Waals surface area contributed by atoms with E-state index >= 15 is 0 Å². The van der Waals surface area contributed by atoms with Crippen LogP contribution in [0.2, 0.25) is 0 Å². The van der Waals surface area contributed by atoms with Gasteiger partial charge in [-0.25, -0.2) is 14.5 Å². The van der Waals surface area contributed by atoms with E-state index in [4.69, 9.17) is 9.47 Å². The van der Waals surface area contributed by atoms with Gasteiger partial charge in [0.2, 0.25) is 5.88 Å². The summed E-state index contributed by atoms with van der Waals surface area (Å²) in [6.07, 6.45) is 4.78. The summed E-state index contributed by atoms with van der Waals surface area (Å²) in [6, 6.07) is 18.6. The van der Waals surface area contributed by atoms with E-state index in [1.54, 1.807) is 6.92 Å². The summed E-state index contributed by atoms with van der Waals surface area (Å²) in [5.74, 6) is 0.142. The standard InChI is InChI=1S/C25H22N6O3/c1-3-34-24(32)20-13-26-31(15-20)25-27-21-16-30(29-22(21)23(28-25)33-2)14-17-8-7-11-19(12-17)18-9-5-4-6-10-18/h4-13,15-16H,3,14H2,1-2H3. The normalized spacial score (nSPS) is 11.0. The van der Waals surface area contributed by atoms with Crippen molar-refractivity contribution < 1.29 is 14.3 Å². The molecule has 5 rings (SSSR count). The Labute approximate surface area is 195 Å². The molecule has 5 aromatic rings. The van der Waals surface area contributed by atoms with Crippen LogP contribution in [0, 0.1) is 0 Å². The van der Waals surface area contributed by atoms with Crippen molar-refractivity contribution in [2.45, 2.75) is 13.5 Å². The molecule has 9 heteroatoms. The smallest absolute Gasteiger partial charge is 0.341 e. The van der Waals surface area contributed by atoms with E-state index in [2.05, 4.69) is 50.5 Å². The Morgan fingerprint density at radius 1 is 1.00 bits per heavy atom. The number of benzene rings is 2. The lowest BCUT2D eigenvalue weighted by atomic mass is 10.0. The molecular weight excluding hydrogens is 432 g/mol. The number of methoxy groups -OCH3 is 1. The molecule has 0 aliphatic carbocycles. The first kappa shape index (κ1) is 21.3. The van der Waals surface area contributed by atoms with Crippen molar-refractivity contribution in [3.05, 3.63) is 84.3 Å². The number of carbonyl (C=O) groups excluding carboxylic acids is 1. The van der Waals surface area contributed by atoms with Gasteiger partial charge in [0.05, 0.1) is 38.2 Å². The Balaban J connectivity index is 1.45. The van der Waals surface area contributed by atoms with Gasteiger partial charge in [0.15, 0.2) is 5.52 Å². The highest BCUT2D eigenvalue weighted by Crippen LogP contribution is 2.24. The molecule has 2 aromatic carbocycles. The Morgan fingerprint density at radius 2 is 1.82 bits per heavy atom. The number of fused-ring (bicyclic) bond motifs is 1. The van der Waals surface area contributed by atoms with E-state index in [0.29, 0.717) is 29.0 Å². The number of ether oxygens (including phenoxy) is 2. The number of esters is 1. The molecule has 0 saturated carbocycles. The van der Waals surface area contributed by atoms with E-state index < -0.39 is 5.97 Å². The van der Waals surface area contributed by atoms with Gasteiger partial charge in [-0.15, -0.1) is 0 Å². The summed E-state index contributed by atoms with van der Waals surface area (Å²) in [5.41, 5.74) is 4.88. The van der Waals surface area contributed by atoms with Crippen LogP contribution in [0.4, 0.5) is 0 Å². The first-order chi connectivity index (χ1) is 16.6. The summed E-state index contributed by atoms with van der Waals surface area (Å²) >= 11 is 0. The summed E-state index contributed by atoms with van der Waals surface area (Å²) in [7, 11) is 1.53. The molecule has 0 saturated heterocycles. The highest BCUT2D eigenvalue weighted by Gasteiger charge is 2.16. The van der Waals surface area contributed by atoms with Crippen molar-refractivity contribution in [3.63, 3.8) is 0 Å². The molecule has 34 heavy (non-hydrogen) atoms. The third-order valence-electron chi connectivity index (χ3n) is 5.24. The second kappa shape index (κ2) is 9.14. The molecule has 0 bridgehead atoms. The molecule has 0 aliphatic rings. The van der Waals surface area contributed by atoms with E-state index in [0.717, 1.165) is 16.7 Å². The Morgan fingerprint density at radius 3 is 2.62 bits per heavy atom. The molecule has 0 N–H and O–H groups in total. The van der Waals surface area contributed by atoms with Crippen LogP contribution in [0.15, 0.2) is 73.2 Å². The summed E-state index contributed by atoms with van der Waals surface area (Å²) in [5, 5.41) is 8.83. The van der Waals surface area contributed by atoms with Crippen LogP contribution >= 0.6 is 0 Å². The molecule has 0 unspecified atom stereocenters. The predicted octanol–water partition coefficient (Wildman–Crippen LogP) is 3.91. The van der Waals surface area contributed by atoms with Crippen molar-refractivity contribution in [2.24, 2.45) is 0 Å². The molecule has 3 aromatic heterocycles. The molecule has 9 nitrogen and oxygen atoms in total. The fraction of sp³-hybridized carbons (Fsp3) is 0.160. The average Bonchev–Trinajstić information content (AvgIpc) is 3.51. The summed E-state index contributed by atoms with van der Waals surface area (Å²) in [6.45, 7) is 2.60. The van der Waals surface area contributed by atoms with Gasteiger partial charge in [-0.1, -0.05) is 48.5 Å². The van der Waals surface area contributed by atoms with Crippen molar-refractivity contribution in [1.29, 1.82) is 0 Å². The molecule has 0 atom stereocenters. The molecule has 0 amide bonds. The van der Waals surface area contributed by atoms with E-state index in [1.807, 2.05) is 35.1 Å². The molecule has 0 spiro atoms. The van der Waals surface area contributed by atoms with Crippen molar-refractivity contribution in [1.82, 2.24) is 29.5 Å². The molecular formula is C25H22N6O3. The van der Waals surface area contributed by atoms with Gasteiger partial charge in [0.1, 0.15) is 5.52 Å². The fourth-order valence-corrected chi connectivity index (χ4v) is 3.67. The monoisotopic (exact) mass is 454 g/mol. The van der Waals surface area contributed by atoms with Gasteiger partial charge < -0.3 is 9.47 Å². The predicted molar refractivity (Wildman–Crippen MR) is 126 cm³/mol. The average molecular weight is 454 g/mol. The summed E-state index contributed by atoms with van der Waals surface area (Å²) in [4.78, 5) is 21.0. The second-order valence-corrected chi connectivity index (χ2v) is 7.55. The van der Waals surface area contributed by atoms with Crippen LogP contribution in [0.3, 0.4) is 0 Å². The van der Waals surface area contributed by atoms with Crippen molar-refractivity contribution >= 4 is 17.0 Å². The number of aromatic nitrogens is 6. The van der Waals surface area contributed by atoms with E-state index in [-0.39, 0.29) is 12.6 Å². The van der Waals surface area contributed by atoms with Gasteiger partial charge in [-0.3, -0.25) is 4.68 Å². The summed E-state index contributed by atoms with van der Waals surface area (Å²) < 4.78 is 13.7. The highest BCUT2D eigenvalue weighted by atomic mass is 16.5. The minimum Gasteiger partial charge on any atom is -0.479 e. The van der Waals surface area contributed by atoms with Crippen LogP contribution in [0.5, 0.6) is 5.88 Å². The molecule has 0 radical (unpaired) electrons. The Hall–Kier alpha value is -4.53. The topological polar surface area (TPSA) is 97.0 Å². The maximum Gasteiger partial charge on any atom is 0.341 e. The van der Waals surface area contributed by atoms with Crippen LogP contribution < -0.4 is 4.74 Å². The van der Waals surface area contributed by atoms with Crippen molar-refractivity contribution in [2.75, 3.05) is 13.7 Å². The maximum atomic E-state index is 12.0. The lowest BCUT2D eigenvalue weighted by Gasteiger charge is -2.06. The SMILES string of the molecule is CCOC(=O)c1cnn(-c2nc(OC)c3nn(Cc4cccc(-c5ccccc5)c4)cc3n2)c1. The fourth-order valence-electron chi connectivity index (χ4n) is 3.67. The van der Waals surface area contributed by atoms with E-state index in [1.165, 1.54) is 24.2 Å². The zero-order chi connectivity index (χ0) is 23.5. The molecule has 170 valence electrons. The van der Waals surface area contributed by atoms with Gasteiger partial charge in [-0.05, 0) is 29.7 Å². The molecule has 3 heterocycles. The Bertz CT molecular complexity index is 1460. The molecule has 0 aliphatic heterocycles. The zero-order valence-electron chi connectivity index (χ0n) is 18.8. The first-order valence-corrected chi connectivity index (χ1v) is 10.8. The van der Waals surface area contributed by atoms with Gasteiger partial charge in [0.25, 0.3) is 5.95 Å². The number of hydrogen-bond donors (Lipinski definition) is 0. The quantitative estimate of drug-likeness (QED) is 0.344. The first-order valence-electron chi connectivity index (χ1n) is 10.8. The largest absolute Gasteiger partial charge is 0.479 e. The minimum atomic E-state index is -0.452. The number of hydrogen-bond acceptors (Lipinski definition) is 7. The van der Waals surface area contributed by atoms with Gasteiger partial charge >= 0.3 is 5.97 Å². The van der Waals surface area contributed by atoms with Crippen LogP contribution in [-0.2, 0) is 11.3 Å². The van der Waals surface area contributed by atoms with Crippen LogP contribution in [0.25, 0.3) is 28.1 Å². The highest BCUT2D eigenvalue weighted by molar-refractivity contribution is 5.88. The number of carbonyl (C=O) groups is 1. The Kier molecular flexibility index (Phi) is 5.73. The maximum absolute atomic E-state index is 12.0. The zero-order valence-corrected chi connectivity index (χ0v) is 18.8. The van der Waals surface area contributed by atoms with Crippen LogP contribution in [0.1, 0.15) is 22.8 Å². The lowest BCUT2D eigenvalue weighted by molar-refractivity contribution is 0.0526. The second-order valence-electron chi connectivity index (χ2n) is 7.55. The molecule has 0 fully saturated rings. The van der Waals surface area contributed by atoms with E-state index in [9.17, 15) is 4.79 Å². The van der Waals surface area contributed by atoms with Crippen molar-refractivity contribution in [3.8, 4) is 23.0 Å². The van der Waals surface area contributed by atoms with Crippen LogP contribution in [-0.4, -0.2) is 49.2 Å². The minimum absolute atomic E-state index is 0.269. The third kappa shape index (κ3) is 4.23. The third-order valence-corrected chi connectivity index (χ3v) is 5.24.